The quantitative estimate of drug-likeness (QED) is 0.398. The van der Waals surface area contributed by atoms with Gasteiger partial charge in [-0.2, -0.15) is 0 Å². The number of amides is 1. The molecule has 0 unspecified atom stereocenters. The average molecular weight is 453 g/mol. The minimum Gasteiger partial charge on any atom is -0.335 e. The van der Waals surface area contributed by atoms with Gasteiger partial charge in [-0.05, 0) is 60.9 Å². The first-order valence-corrected chi connectivity index (χ1v) is 12.5. The number of benzene rings is 3. The van der Waals surface area contributed by atoms with E-state index >= 15 is 0 Å². The van der Waals surface area contributed by atoms with Crippen LogP contribution in [0.4, 0.5) is 0 Å². The maximum atomic E-state index is 13.4. The highest BCUT2D eigenvalue weighted by molar-refractivity contribution is 5.79. The maximum Gasteiger partial charge on any atom is 0.226 e. The lowest BCUT2D eigenvalue weighted by Gasteiger charge is -2.37. The fourth-order valence-electron chi connectivity index (χ4n) is 5.01. The predicted molar refractivity (Wildman–Crippen MR) is 141 cm³/mol. The van der Waals surface area contributed by atoms with Crippen LogP contribution >= 0.6 is 0 Å². The smallest absolute Gasteiger partial charge is 0.226 e. The molecule has 1 saturated carbocycles. The zero-order valence-electron chi connectivity index (χ0n) is 20.2. The third-order valence-corrected chi connectivity index (χ3v) is 6.89. The molecule has 0 aliphatic heterocycles. The molecule has 0 heterocycles. The van der Waals surface area contributed by atoms with Gasteiger partial charge in [-0.25, -0.2) is 0 Å². The van der Waals surface area contributed by atoms with Gasteiger partial charge in [-0.1, -0.05) is 97.1 Å². The van der Waals surface area contributed by atoms with Crippen molar-refractivity contribution >= 4 is 12.0 Å². The molecule has 1 amide bonds. The van der Waals surface area contributed by atoms with Crippen LogP contribution in [0.5, 0.6) is 0 Å². The zero-order chi connectivity index (χ0) is 23.6. The zero-order valence-corrected chi connectivity index (χ0v) is 20.2. The van der Waals surface area contributed by atoms with E-state index in [0.717, 1.165) is 37.8 Å². The van der Waals surface area contributed by atoms with Gasteiger partial charge in [0.15, 0.2) is 0 Å². The van der Waals surface area contributed by atoms with Gasteiger partial charge in [0, 0.05) is 25.6 Å². The van der Waals surface area contributed by atoms with Crippen molar-refractivity contribution in [2.45, 2.75) is 57.2 Å². The van der Waals surface area contributed by atoms with E-state index in [2.05, 4.69) is 70.9 Å². The molecular weight excluding hydrogens is 416 g/mol. The Balaban J connectivity index is 1.40. The average Bonchev–Trinajstić information content (AvgIpc) is 2.89. The third-order valence-electron chi connectivity index (χ3n) is 6.89. The minimum atomic E-state index is 0.218. The highest BCUT2D eigenvalue weighted by Crippen LogP contribution is 2.35. The van der Waals surface area contributed by atoms with Crippen LogP contribution in [0, 0.1) is 0 Å². The molecule has 3 nitrogen and oxygen atoms in total. The topological polar surface area (TPSA) is 32.3 Å². The van der Waals surface area contributed by atoms with Gasteiger partial charge < -0.3 is 10.2 Å². The Bertz CT molecular complexity index is 1040. The lowest BCUT2D eigenvalue weighted by Crippen LogP contribution is -2.41. The van der Waals surface area contributed by atoms with E-state index in [1.165, 1.54) is 16.7 Å². The number of nitrogens with one attached hydrogen (secondary N) is 1. The number of hydrogen-bond donors (Lipinski definition) is 1. The Morgan fingerprint density at radius 1 is 0.853 bits per heavy atom. The minimum absolute atomic E-state index is 0.218. The van der Waals surface area contributed by atoms with Crippen molar-refractivity contribution < 1.29 is 4.79 Å². The normalized spacial score (nSPS) is 18.1. The molecule has 1 aliphatic carbocycles. The Morgan fingerprint density at radius 3 is 2.15 bits per heavy atom. The SMILES string of the molecule is CNCc1ccc(C2CCC(N(Cc3ccccc3)C(=O)CC=Cc3ccccc3)CC2)cc1. The van der Waals surface area contributed by atoms with E-state index in [1.54, 1.807) is 0 Å². The van der Waals surface area contributed by atoms with Gasteiger partial charge >= 0.3 is 0 Å². The predicted octanol–water partition coefficient (Wildman–Crippen LogP) is 6.56. The standard InChI is InChI=1S/C31H36N2O/c1-32-23-26-15-17-28(18-16-26)29-19-21-30(22-20-29)33(24-27-11-6-3-7-12-27)31(34)14-8-13-25-9-4-2-5-10-25/h2-13,15-18,29-30,32H,14,19-24H2,1H3. The first-order valence-electron chi connectivity index (χ1n) is 12.5. The molecule has 1 N–H and O–H groups in total. The summed E-state index contributed by atoms with van der Waals surface area (Å²) >= 11 is 0. The van der Waals surface area contributed by atoms with Crippen LogP contribution in [0.3, 0.4) is 0 Å². The van der Waals surface area contributed by atoms with Crippen molar-refractivity contribution in [3.63, 3.8) is 0 Å². The van der Waals surface area contributed by atoms with Crippen molar-refractivity contribution in [3.05, 3.63) is 113 Å². The summed E-state index contributed by atoms with van der Waals surface area (Å²) in [7, 11) is 1.98. The summed E-state index contributed by atoms with van der Waals surface area (Å²) in [6.07, 6.45) is 8.88. The van der Waals surface area contributed by atoms with E-state index in [0.29, 0.717) is 24.9 Å². The molecule has 4 rings (SSSR count). The largest absolute Gasteiger partial charge is 0.335 e. The molecule has 0 bridgehead atoms. The van der Waals surface area contributed by atoms with Crippen LogP contribution in [-0.4, -0.2) is 23.9 Å². The molecule has 0 atom stereocenters. The van der Waals surface area contributed by atoms with Crippen molar-refractivity contribution in [1.29, 1.82) is 0 Å². The second-order valence-electron chi connectivity index (χ2n) is 9.30. The number of carbonyl (C=O) groups excluding carboxylic acids is 1. The summed E-state index contributed by atoms with van der Waals surface area (Å²) in [5, 5.41) is 3.21. The highest BCUT2D eigenvalue weighted by atomic mass is 16.2. The van der Waals surface area contributed by atoms with Gasteiger partial charge in [0.05, 0.1) is 0 Å². The van der Waals surface area contributed by atoms with Crippen LogP contribution in [0.2, 0.25) is 0 Å². The number of rotatable bonds is 9. The van der Waals surface area contributed by atoms with E-state index in [-0.39, 0.29) is 5.91 Å². The molecule has 1 aliphatic rings. The highest BCUT2D eigenvalue weighted by Gasteiger charge is 2.29. The molecule has 34 heavy (non-hydrogen) atoms. The summed E-state index contributed by atoms with van der Waals surface area (Å²) in [6, 6.07) is 29.9. The lowest BCUT2D eigenvalue weighted by molar-refractivity contribution is -0.134. The fourth-order valence-corrected chi connectivity index (χ4v) is 5.01. The molecule has 0 saturated heterocycles. The van der Waals surface area contributed by atoms with Crippen molar-refractivity contribution in [2.24, 2.45) is 0 Å². The summed E-state index contributed by atoms with van der Waals surface area (Å²) < 4.78 is 0. The molecule has 3 heteroatoms. The van der Waals surface area contributed by atoms with Crippen LogP contribution in [-0.2, 0) is 17.9 Å². The van der Waals surface area contributed by atoms with Crippen molar-refractivity contribution in [1.82, 2.24) is 10.2 Å². The molecule has 3 aromatic rings. The van der Waals surface area contributed by atoms with Crippen molar-refractivity contribution in [3.8, 4) is 0 Å². The second-order valence-corrected chi connectivity index (χ2v) is 9.30. The first-order chi connectivity index (χ1) is 16.7. The van der Waals surface area contributed by atoms with Crippen LogP contribution in [0.15, 0.2) is 91.0 Å². The molecule has 176 valence electrons. The first kappa shape index (κ1) is 24.0. The number of nitrogens with zero attached hydrogens (tertiary/aromatic N) is 1. The molecule has 0 aromatic heterocycles. The molecule has 1 fully saturated rings. The summed E-state index contributed by atoms with van der Waals surface area (Å²) in [5.74, 6) is 0.808. The van der Waals surface area contributed by atoms with Crippen LogP contribution in [0.1, 0.15) is 60.3 Å². The van der Waals surface area contributed by atoms with Gasteiger partial charge in [0.2, 0.25) is 5.91 Å². The summed E-state index contributed by atoms with van der Waals surface area (Å²) in [6.45, 7) is 1.59. The van der Waals surface area contributed by atoms with Gasteiger partial charge in [0.25, 0.3) is 0 Å². The maximum absolute atomic E-state index is 13.4. The van der Waals surface area contributed by atoms with Gasteiger partial charge in [-0.15, -0.1) is 0 Å². The summed E-state index contributed by atoms with van der Waals surface area (Å²) in [5.41, 5.74) is 5.09. The van der Waals surface area contributed by atoms with E-state index < -0.39 is 0 Å². The summed E-state index contributed by atoms with van der Waals surface area (Å²) in [4.78, 5) is 15.5. The van der Waals surface area contributed by atoms with E-state index in [9.17, 15) is 4.79 Å². The van der Waals surface area contributed by atoms with E-state index in [4.69, 9.17) is 0 Å². The lowest BCUT2D eigenvalue weighted by atomic mass is 9.81. The van der Waals surface area contributed by atoms with Crippen LogP contribution < -0.4 is 5.32 Å². The van der Waals surface area contributed by atoms with E-state index in [1.807, 2.05) is 43.5 Å². The fraction of sp³-hybridized carbons (Fsp3) is 0.323. The van der Waals surface area contributed by atoms with Gasteiger partial charge in [-0.3, -0.25) is 4.79 Å². The molecule has 0 radical (unpaired) electrons. The number of carbonyl (C=O) groups is 1. The second kappa shape index (κ2) is 12.3. The Hall–Kier alpha value is -3.17. The van der Waals surface area contributed by atoms with Crippen LogP contribution in [0.25, 0.3) is 6.08 Å². The molecule has 0 spiro atoms. The monoisotopic (exact) mass is 452 g/mol. The molecule has 3 aromatic carbocycles. The van der Waals surface area contributed by atoms with Gasteiger partial charge in [0.1, 0.15) is 0 Å². The Kier molecular flexibility index (Phi) is 8.70. The van der Waals surface area contributed by atoms with Crippen molar-refractivity contribution in [2.75, 3.05) is 7.05 Å². The Morgan fingerprint density at radius 2 is 1.50 bits per heavy atom. The number of hydrogen-bond acceptors (Lipinski definition) is 2. The Labute approximate surface area is 204 Å². The third kappa shape index (κ3) is 6.68. The molecular formula is C31H36N2O.